The Balaban J connectivity index is 1.33. The zero-order valence-electron chi connectivity index (χ0n) is 15.4. The first-order valence-corrected chi connectivity index (χ1v) is 10.1. The van der Waals surface area contributed by atoms with E-state index in [1.807, 2.05) is 70.9 Å². The first kappa shape index (κ1) is 17.4. The number of aromatic nitrogens is 2. The van der Waals surface area contributed by atoms with Gasteiger partial charge in [0.2, 0.25) is 0 Å². The smallest absolute Gasteiger partial charge is 0.257 e. The van der Waals surface area contributed by atoms with Gasteiger partial charge < -0.3 is 4.57 Å². The first-order valence-electron chi connectivity index (χ1n) is 9.26. The Kier molecular flexibility index (Phi) is 4.42. The maximum atomic E-state index is 12.6. The minimum absolute atomic E-state index is 0.163. The van der Waals surface area contributed by atoms with E-state index in [0.717, 1.165) is 16.9 Å². The fourth-order valence-electron chi connectivity index (χ4n) is 3.27. The summed E-state index contributed by atoms with van der Waals surface area (Å²) >= 11 is 1.43. The van der Waals surface area contributed by atoms with Gasteiger partial charge in [0.25, 0.3) is 5.91 Å². The second kappa shape index (κ2) is 7.37. The lowest BCUT2D eigenvalue weighted by atomic mass is 10.1. The van der Waals surface area contributed by atoms with E-state index in [1.54, 1.807) is 0 Å². The van der Waals surface area contributed by atoms with Crippen LogP contribution in [-0.4, -0.2) is 15.5 Å². The molecule has 5 aromatic rings. The van der Waals surface area contributed by atoms with Crippen molar-refractivity contribution in [2.24, 2.45) is 0 Å². The van der Waals surface area contributed by atoms with Crippen LogP contribution in [0.2, 0.25) is 0 Å². The van der Waals surface area contributed by atoms with E-state index in [2.05, 4.69) is 40.6 Å². The highest BCUT2D eigenvalue weighted by Crippen LogP contribution is 2.28. The Bertz CT molecular complexity index is 1290. The van der Waals surface area contributed by atoms with Crippen LogP contribution in [0.5, 0.6) is 0 Å². The molecule has 0 radical (unpaired) electrons. The van der Waals surface area contributed by atoms with Crippen LogP contribution in [-0.2, 0) is 0 Å². The standard InChI is InChI=1S/C24H17N3OS/c28-23(18-9-11-21(12-10-18)27-13-3-4-14-27)26-24-25-22(16-29-24)20-8-7-17-5-1-2-6-19(17)15-20/h1-16H,(H,25,26,28). The molecule has 5 heteroatoms. The van der Waals surface area contributed by atoms with Crippen molar-refractivity contribution in [1.29, 1.82) is 0 Å². The molecule has 0 saturated carbocycles. The van der Waals surface area contributed by atoms with Gasteiger partial charge in [-0.25, -0.2) is 4.98 Å². The summed E-state index contributed by atoms with van der Waals surface area (Å²) in [7, 11) is 0. The molecule has 2 heterocycles. The van der Waals surface area contributed by atoms with Gasteiger partial charge in [0.1, 0.15) is 0 Å². The number of benzene rings is 3. The van der Waals surface area contributed by atoms with Gasteiger partial charge in [0.05, 0.1) is 5.69 Å². The summed E-state index contributed by atoms with van der Waals surface area (Å²) in [6, 6.07) is 25.9. The number of carbonyl (C=O) groups is 1. The molecule has 5 rings (SSSR count). The highest BCUT2D eigenvalue weighted by Gasteiger charge is 2.11. The molecule has 4 nitrogen and oxygen atoms in total. The fraction of sp³-hybridized carbons (Fsp3) is 0. The quantitative estimate of drug-likeness (QED) is 0.405. The molecule has 0 aliphatic carbocycles. The summed E-state index contributed by atoms with van der Waals surface area (Å²) in [5.41, 5.74) is 3.51. The lowest BCUT2D eigenvalue weighted by molar-refractivity contribution is 0.102. The molecule has 0 fully saturated rings. The molecule has 29 heavy (non-hydrogen) atoms. The van der Waals surface area contributed by atoms with Crippen molar-refractivity contribution in [3.05, 3.63) is 102 Å². The monoisotopic (exact) mass is 395 g/mol. The van der Waals surface area contributed by atoms with E-state index in [4.69, 9.17) is 0 Å². The van der Waals surface area contributed by atoms with Gasteiger partial charge in [-0.05, 0) is 53.2 Å². The third-order valence-electron chi connectivity index (χ3n) is 4.80. The van der Waals surface area contributed by atoms with Gasteiger partial charge in [-0.3, -0.25) is 10.1 Å². The van der Waals surface area contributed by atoms with Gasteiger partial charge >= 0.3 is 0 Å². The molecule has 1 N–H and O–H groups in total. The number of fused-ring (bicyclic) bond motifs is 1. The maximum Gasteiger partial charge on any atom is 0.257 e. The summed E-state index contributed by atoms with van der Waals surface area (Å²) in [4.78, 5) is 17.2. The fourth-order valence-corrected chi connectivity index (χ4v) is 3.99. The molecule has 2 aromatic heterocycles. The molecule has 1 amide bonds. The Morgan fingerprint density at radius 1 is 0.862 bits per heavy atom. The van der Waals surface area contributed by atoms with Crippen molar-refractivity contribution in [3.8, 4) is 16.9 Å². The third kappa shape index (κ3) is 3.56. The number of hydrogen-bond acceptors (Lipinski definition) is 3. The predicted octanol–water partition coefficient (Wildman–Crippen LogP) is 6.01. The molecule has 0 unspecified atom stereocenters. The van der Waals surface area contributed by atoms with Crippen molar-refractivity contribution in [2.45, 2.75) is 0 Å². The second-order valence-corrected chi connectivity index (χ2v) is 7.55. The lowest BCUT2D eigenvalue weighted by Crippen LogP contribution is -2.11. The van der Waals surface area contributed by atoms with Crippen molar-refractivity contribution >= 4 is 33.1 Å². The summed E-state index contributed by atoms with van der Waals surface area (Å²) in [6.07, 6.45) is 3.94. The molecule has 0 saturated heterocycles. The van der Waals surface area contributed by atoms with Gasteiger partial charge in [-0.2, -0.15) is 0 Å². The zero-order chi connectivity index (χ0) is 19.6. The van der Waals surface area contributed by atoms with E-state index < -0.39 is 0 Å². The number of amides is 1. The normalized spacial score (nSPS) is 10.9. The maximum absolute atomic E-state index is 12.6. The molecule has 0 spiro atoms. The number of anilines is 1. The summed E-state index contributed by atoms with van der Waals surface area (Å²) in [5, 5.41) is 7.83. The first-order chi connectivity index (χ1) is 14.3. The Morgan fingerprint density at radius 2 is 1.62 bits per heavy atom. The van der Waals surface area contributed by atoms with Crippen LogP contribution in [0, 0.1) is 0 Å². The molecule has 0 aliphatic heterocycles. The molecular formula is C24H17N3OS. The Labute approximate surface area is 172 Å². The van der Waals surface area contributed by atoms with Crippen LogP contribution in [0.25, 0.3) is 27.7 Å². The van der Waals surface area contributed by atoms with Crippen LogP contribution in [0.1, 0.15) is 10.4 Å². The number of carbonyl (C=O) groups excluding carboxylic acids is 1. The molecular weight excluding hydrogens is 378 g/mol. The van der Waals surface area contributed by atoms with Gasteiger partial charge in [0, 0.05) is 34.6 Å². The highest BCUT2D eigenvalue weighted by molar-refractivity contribution is 7.14. The Morgan fingerprint density at radius 3 is 2.41 bits per heavy atom. The number of rotatable bonds is 4. The van der Waals surface area contributed by atoms with Crippen LogP contribution < -0.4 is 5.32 Å². The van der Waals surface area contributed by atoms with E-state index in [-0.39, 0.29) is 5.91 Å². The van der Waals surface area contributed by atoms with Gasteiger partial charge in [-0.15, -0.1) is 11.3 Å². The highest BCUT2D eigenvalue weighted by atomic mass is 32.1. The van der Waals surface area contributed by atoms with Crippen LogP contribution in [0.4, 0.5) is 5.13 Å². The minimum Gasteiger partial charge on any atom is -0.324 e. The van der Waals surface area contributed by atoms with Crippen LogP contribution in [0.3, 0.4) is 0 Å². The van der Waals surface area contributed by atoms with Gasteiger partial charge in [0.15, 0.2) is 5.13 Å². The van der Waals surface area contributed by atoms with Crippen molar-refractivity contribution < 1.29 is 4.79 Å². The van der Waals surface area contributed by atoms with Crippen molar-refractivity contribution in [1.82, 2.24) is 9.55 Å². The SMILES string of the molecule is O=C(Nc1nc(-c2ccc3ccccc3c2)cs1)c1ccc(-n2cccc2)cc1. The van der Waals surface area contributed by atoms with Crippen LogP contribution >= 0.6 is 11.3 Å². The third-order valence-corrected chi connectivity index (χ3v) is 5.56. The van der Waals surface area contributed by atoms with E-state index in [9.17, 15) is 4.79 Å². The second-order valence-electron chi connectivity index (χ2n) is 6.69. The molecule has 0 aliphatic rings. The van der Waals surface area contributed by atoms with Crippen molar-refractivity contribution in [3.63, 3.8) is 0 Å². The number of nitrogens with one attached hydrogen (secondary N) is 1. The number of hydrogen-bond donors (Lipinski definition) is 1. The summed E-state index contributed by atoms with van der Waals surface area (Å²) in [5.74, 6) is -0.163. The van der Waals surface area contributed by atoms with Crippen LogP contribution in [0.15, 0.2) is 96.6 Å². The summed E-state index contributed by atoms with van der Waals surface area (Å²) < 4.78 is 2.00. The van der Waals surface area contributed by atoms with Crippen molar-refractivity contribution in [2.75, 3.05) is 5.32 Å². The van der Waals surface area contributed by atoms with E-state index >= 15 is 0 Å². The van der Waals surface area contributed by atoms with Gasteiger partial charge in [-0.1, -0.05) is 36.4 Å². The summed E-state index contributed by atoms with van der Waals surface area (Å²) in [6.45, 7) is 0. The average Bonchev–Trinajstić information content (AvgIpc) is 3.46. The van der Waals surface area contributed by atoms with E-state index in [1.165, 1.54) is 22.1 Å². The topological polar surface area (TPSA) is 46.9 Å². The molecule has 0 bridgehead atoms. The number of nitrogens with zero attached hydrogens (tertiary/aromatic N) is 2. The molecule has 140 valence electrons. The average molecular weight is 395 g/mol. The Hall–Kier alpha value is -3.70. The number of thiazole rings is 1. The minimum atomic E-state index is -0.163. The molecule has 0 atom stereocenters. The zero-order valence-corrected chi connectivity index (χ0v) is 16.3. The largest absolute Gasteiger partial charge is 0.324 e. The van der Waals surface area contributed by atoms with E-state index in [0.29, 0.717) is 10.7 Å². The lowest BCUT2D eigenvalue weighted by Gasteiger charge is -2.05. The molecule has 3 aromatic carbocycles. The predicted molar refractivity (Wildman–Crippen MR) is 119 cm³/mol.